The minimum absolute atomic E-state index is 0.677. The number of ether oxygens (including phenoxy) is 2. The highest BCUT2D eigenvalue weighted by atomic mass is 16.5. The largest absolute Gasteiger partial charge is 0.381 e. The summed E-state index contributed by atoms with van der Waals surface area (Å²) in [5, 5.41) is 3.43. The van der Waals surface area contributed by atoms with E-state index >= 15 is 0 Å². The third-order valence-electron chi connectivity index (χ3n) is 4.88. The number of hydrogen-bond donors (Lipinski definition) is 1. The van der Waals surface area contributed by atoms with Crippen LogP contribution in [0.25, 0.3) is 0 Å². The number of aliphatic imine (C=N–C) groups is 1. The Morgan fingerprint density at radius 2 is 2.16 bits per heavy atom. The van der Waals surface area contributed by atoms with Crippen molar-refractivity contribution in [1.29, 1.82) is 0 Å². The van der Waals surface area contributed by atoms with Crippen LogP contribution in [0.4, 0.5) is 5.69 Å². The van der Waals surface area contributed by atoms with Crippen molar-refractivity contribution < 1.29 is 9.47 Å². The molecule has 1 aromatic rings. The third-order valence-corrected chi connectivity index (χ3v) is 4.88. The molecule has 3 rings (SSSR count). The summed E-state index contributed by atoms with van der Waals surface area (Å²) in [5.74, 6) is 1.67. The Labute approximate surface area is 151 Å². The summed E-state index contributed by atoms with van der Waals surface area (Å²) in [6, 6.07) is 8.61. The van der Waals surface area contributed by atoms with Gasteiger partial charge in [-0.05, 0) is 50.2 Å². The van der Waals surface area contributed by atoms with Crippen LogP contribution in [0, 0.1) is 5.92 Å². The van der Waals surface area contributed by atoms with E-state index in [0.29, 0.717) is 5.92 Å². The molecule has 2 aliphatic rings. The van der Waals surface area contributed by atoms with E-state index in [9.17, 15) is 0 Å². The molecule has 1 fully saturated rings. The Bertz CT molecular complexity index is 556. The summed E-state index contributed by atoms with van der Waals surface area (Å²) >= 11 is 0. The molecule has 0 aromatic heterocycles. The predicted octanol–water partition coefficient (Wildman–Crippen LogP) is 2.85. The van der Waals surface area contributed by atoms with Gasteiger partial charge in [-0.2, -0.15) is 0 Å². The van der Waals surface area contributed by atoms with Crippen molar-refractivity contribution in [2.45, 2.75) is 32.6 Å². The van der Waals surface area contributed by atoms with Crippen LogP contribution in [0.15, 0.2) is 29.3 Å². The molecule has 0 radical (unpaired) electrons. The zero-order valence-electron chi connectivity index (χ0n) is 15.4. The van der Waals surface area contributed by atoms with Gasteiger partial charge in [-0.3, -0.25) is 4.99 Å². The second kappa shape index (κ2) is 9.78. The maximum absolute atomic E-state index is 5.84. The molecule has 0 unspecified atom stereocenters. The highest BCUT2D eigenvalue weighted by Crippen LogP contribution is 2.27. The molecule has 0 saturated carbocycles. The standard InChI is InChI=1S/C20H31N3O2/c1-2-21-20(23-12-8-18-6-3-4-7-19(18)23)22-11-5-13-25-16-17-9-14-24-15-10-17/h3-4,6-7,17H,2,5,8-16H2,1H3,(H,21,22). The molecule has 25 heavy (non-hydrogen) atoms. The van der Waals surface area contributed by atoms with Crippen LogP contribution in [0.5, 0.6) is 0 Å². The van der Waals surface area contributed by atoms with Gasteiger partial charge in [-0.15, -0.1) is 0 Å². The fraction of sp³-hybridized carbons (Fsp3) is 0.650. The number of anilines is 1. The highest BCUT2D eigenvalue weighted by molar-refractivity contribution is 5.97. The Balaban J connectivity index is 1.43. The minimum Gasteiger partial charge on any atom is -0.381 e. The van der Waals surface area contributed by atoms with Crippen LogP contribution in [0.2, 0.25) is 0 Å². The Morgan fingerprint density at radius 1 is 1.32 bits per heavy atom. The van der Waals surface area contributed by atoms with Gasteiger partial charge in [0.05, 0.1) is 0 Å². The van der Waals surface area contributed by atoms with Crippen molar-refractivity contribution in [1.82, 2.24) is 5.32 Å². The summed E-state index contributed by atoms with van der Waals surface area (Å²) < 4.78 is 11.2. The lowest BCUT2D eigenvalue weighted by atomic mass is 10.0. The third kappa shape index (κ3) is 5.19. The van der Waals surface area contributed by atoms with Gasteiger partial charge in [-0.1, -0.05) is 18.2 Å². The molecule has 0 atom stereocenters. The maximum Gasteiger partial charge on any atom is 0.198 e. The molecule has 5 heteroatoms. The predicted molar refractivity (Wildman–Crippen MR) is 102 cm³/mol. The monoisotopic (exact) mass is 345 g/mol. The van der Waals surface area contributed by atoms with Crippen molar-refractivity contribution in [3.63, 3.8) is 0 Å². The van der Waals surface area contributed by atoms with Gasteiger partial charge >= 0.3 is 0 Å². The first-order valence-electron chi connectivity index (χ1n) is 9.67. The molecule has 138 valence electrons. The topological polar surface area (TPSA) is 46.1 Å². The van der Waals surface area contributed by atoms with E-state index in [4.69, 9.17) is 14.5 Å². The first kappa shape index (κ1) is 18.2. The molecule has 0 aliphatic carbocycles. The SMILES string of the molecule is CCNC(=NCCCOCC1CCOCC1)N1CCc2ccccc21. The average Bonchev–Trinajstić information content (AvgIpc) is 3.08. The molecule has 1 saturated heterocycles. The number of benzene rings is 1. The van der Waals surface area contributed by atoms with Gasteiger partial charge < -0.3 is 19.7 Å². The van der Waals surface area contributed by atoms with Crippen LogP contribution in [-0.4, -0.2) is 52.0 Å². The van der Waals surface area contributed by atoms with E-state index in [0.717, 1.165) is 77.7 Å². The lowest BCUT2D eigenvalue weighted by molar-refractivity contribution is 0.0205. The summed E-state index contributed by atoms with van der Waals surface area (Å²) in [6.45, 7) is 8.25. The van der Waals surface area contributed by atoms with Gasteiger partial charge in [0.25, 0.3) is 0 Å². The summed E-state index contributed by atoms with van der Waals surface area (Å²) in [4.78, 5) is 7.12. The van der Waals surface area contributed by atoms with Crippen LogP contribution in [0.1, 0.15) is 31.7 Å². The number of nitrogens with one attached hydrogen (secondary N) is 1. The minimum atomic E-state index is 0.677. The van der Waals surface area contributed by atoms with Crippen LogP contribution in [-0.2, 0) is 15.9 Å². The number of fused-ring (bicyclic) bond motifs is 1. The zero-order valence-corrected chi connectivity index (χ0v) is 15.4. The van der Waals surface area contributed by atoms with Crippen LogP contribution < -0.4 is 10.2 Å². The molecular formula is C20H31N3O2. The van der Waals surface area contributed by atoms with Crippen LogP contribution in [0.3, 0.4) is 0 Å². The van der Waals surface area contributed by atoms with E-state index in [1.807, 2.05) is 0 Å². The first-order valence-corrected chi connectivity index (χ1v) is 9.67. The second-order valence-electron chi connectivity index (χ2n) is 6.75. The van der Waals surface area contributed by atoms with Gasteiger partial charge in [0.2, 0.25) is 0 Å². The molecule has 0 spiro atoms. The molecule has 1 aromatic carbocycles. The fourth-order valence-electron chi connectivity index (χ4n) is 3.47. The quantitative estimate of drug-likeness (QED) is 0.469. The van der Waals surface area contributed by atoms with Crippen molar-refractivity contribution >= 4 is 11.6 Å². The number of hydrogen-bond acceptors (Lipinski definition) is 3. The van der Waals surface area contributed by atoms with Gasteiger partial charge in [0.1, 0.15) is 0 Å². The van der Waals surface area contributed by atoms with Crippen molar-refractivity contribution in [3.8, 4) is 0 Å². The van der Waals surface area contributed by atoms with E-state index in [1.54, 1.807) is 0 Å². The molecule has 5 nitrogen and oxygen atoms in total. The summed E-state index contributed by atoms with van der Waals surface area (Å²) in [5.41, 5.74) is 2.70. The fourth-order valence-corrected chi connectivity index (χ4v) is 3.47. The highest BCUT2D eigenvalue weighted by Gasteiger charge is 2.22. The number of rotatable bonds is 7. The summed E-state index contributed by atoms with van der Waals surface area (Å²) in [6.07, 6.45) is 4.33. The second-order valence-corrected chi connectivity index (χ2v) is 6.75. The van der Waals surface area contributed by atoms with Gasteiger partial charge in [0, 0.05) is 51.7 Å². The Morgan fingerprint density at radius 3 is 3.00 bits per heavy atom. The molecule has 2 aliphatic heterocycles. The van der Waals surface area contributed by atoms with Crippen LogP contribution >= 0.6 is 0 Å². The summed E-state index contributed by atoms with van der Waals surface area (Å²) in [7, 11) is 0. The van der Waals surface area contributed by atoms with Crippen molar-refractivity contribution in [2.75, 3.05) is 51.0 Å². The molecule has 2 heterocycles. The molecule has 0 amide bonds. The number of para-hydroxylation sites is 1. The Kier molecular flexibility index (Phi) is 7.12. The number of nitrogens with zero attached hydrogens (tertiary/aromatic N) is 2. The van der Waals surface area contributed by atoms with Crippen molar-refractivity contribution in [3.05, 3.63) is 29.8 Å². The molecule has 1 N–H and O–H groups in total. The Hall–Kier alpha value is -1.59. The van der Waals surface area contributed by atoms with E-state index < -0.39 is 0 Å². The normalized spacial score (nSPS) is 18.4. The van der Waals surface area contributed by atoms with E-state index in [1.165, 1.54) is 11.3 Å². The average molecular weight is 345 g/mol. The van der Waals surface area contributed by atoms with E-state index in [-0.39, 0.29) is 0 Å². The maximum atomic E-state index is 5.84. The number of guanidine groups is 1. The van der Waals surface area contributed by atoms with E-state index in [2.05, 4.69) is 41.4 Å². The molecular weight excluding hydrogens is 314 g/mol. The van der Waals surface area contributed by atoms with Gasteiger partial charge in [0.15, 0.2) is 5.96 Å². The zero-order chi connectivity index (χ0) is 17.3. The lowest BCUT2D eigenvalue weighted by Crippen LogP contribution is -2.40. The molecule has 0 bridgehead atoms. The first-order chi connectivity index (χ1) is 12.4. The smallest absolute Gasteiger partial charge is 0.198 e. The van der Waals surface area contributed by atoms with Crippen molar-refractivity contribution in [2.24, 2.45) is 10.9 Å². The lowest BCUT2D eigenvalue weighted by Gasteiger charge is -2.22. The van der Waals surface area contributed by atoms with Gasteiger partial charge in [-0.25, -0.2) is 0 Å².